The summed E-state index contributed by atoms with van der Waals surface area (Å²) in [5.74, 6) is 0. The Morgan fingerprint density at radius 2 is 2.06 bits per heavy atom. The summed E-state index contributed by atoms with van der Waals surface area (Å²) >= 11 is 3.25. The van der Waals surface area contributed by atoms with E-state index in [1.165, 1.54) is 41.2 Å². The molecule has 96 valence electrons. The molecule has 0 radical (unpaired) electrons. The average Bonchev–Trinajstić information content (AvgIpc) is 2.94. The molecule has 0 amide bonds. The van der Waals surface area contributed by atoms with Gasteiger partial charge in [0.2, 0.25) is 10.3 Å². The van der Waals surface area contributed by atoms with Crippen LogP contribution in [0.5, 0.6) is 0 Å². The molecule has 3 rings (SSSR count). The number of hydrogen-bond acceptors (Lipinski definition) is 7. The molecule has 1 aliphatic rings. The van der Waals surface area contributed by atoms with Crippen molar-refractivity contribution in [3.05, 3.63) is 15.6 Å². The average molecular weight is 281 g/mol. The van der Waals surface area contributed by atoms with Gasteiger partial charge in [-0.25, -0.2) is 4.98 Å². The van der Waals surface area contributed by atoms with E-state index in [4.69, 9.17) is 10.7 Å². The van der Waals surface area contributed by atoms with E-state index < -0.39 is 0 Å². The van der Waals surface area contributed by atoms with Crippen molar-refractivity contribution in [2.75, 3.05) is 17.7 Å². The second-order valence-electron chi connectivity index (χ2n) is 4.46. The molecule has 5 nitrogen and oxygen atoms in total. The van der Waals surface area contributed by atoms with Gasteiger partial charge in [0.05, 0.1) is 12.2 Å². The zero-order valence-corrected chi connectivity index (χ0v) is 11.9. The first-order valence-electron chi connectivity index (χ1n) is 6.00. The Bertz CT molecular complexity index is 524. The zero-order valence-electron chi connectivity index (χ0n) is 10.2. The Morgan fingerprint density at radius 1 is 1.22 bits per heavy atom. The van der Waals surface area contributed by atoms with Crippen molar-refractivity contribution in [2.45, 2.75) is 32.2 Å². The van der Waals surface area contributed by atoms with Crippen molar-refractivity contribution in [1.29, 1.82) is 0 Å². The number of anilines is 2. The van der Waals surface area contributed by atoms with Crippen LogP contribution in [0, 0.1) is 0 Å². The van der Waals surface area contributed by atoms with Crippen molar-refractivity contribution in [2.24, 2.45) is 0 Å². The number of nitrogen functional groups attached to an aromatic ring is 1. The first kappa shape index (κ1) is 11.9. The van der Waals surface area contributed by atoms with Gasteiger partial charge in [0.25, 0.3) is 0 Å². The molecule has 2 heterocycles. The molecule has 0 saturated carbocycles. The second-order valence-corrected chi connectivity index (χ2v) is 6.62. The summed E-state index contributed by atoms with van der Waals surface area (Å²) in [5, 5.41) is 10.4. The van der Waals surface area contributed by atoms with Crippen molar-refractivity contribution >= 4 is 32.9 Å². The minimum atomic E-state index is 0.510. The summed E-state index contributed by atoms with van der Waals surface area (Å²) < 4.78 is 0. The molecule has 0 aromatic carbocycles. The lowest BCUT2D eigenvalue weighted by Gasteiger charge is -2.12. The van der Waals surface area contributed by atoms with Crippen LogP contribution in [0.15, 0.2) is 0 Å². The highest BCUT2D eigenvalue weighted by Gasteiger charge is 2.16. The molecule has 0 unspecified atom stereocenters. The van der Waals surface area contributed by atoms with Crippen LogP contribution in [-0.2, 0) is 19.4 Å². The van der Waals surface area contributed by atoms with E-state index in [-0.39, 0.29) is 0 Å². The number of rotatable bonds is 3. The molecule has 0 bridgehead atoms. The lowest BCUT2D eigenvalue weighted by Crippen LogP contribution is -2.16. The van der Waals surface area contributed by atoms with Crippen LogP contribution < -0.4 is 10.6 Å². The maximum Gasteiger partial charge on any atom is 0.210 e. The number of aryl methyl sites for hydroxylation is 2. The smallest absolute Gasteiger partial charge is 0.210 e. The fourth-order valence-electron chi connectivity index (χ4n) is 2.12. The molecule has 0 fully saturated rings. The van der Waals surface area contributed by atoms with Crippen molar-refractivity contribution in [3.8, 4) is 0 Å². The van der Waals surface area contributed by atoms with E-state index in [0.717, 1.165) is 23.1 Å². The highest BCUT2D eigenvalue weighted by molar-refractivity contribution is 7.18. The first-order valence-corrected chi connectivity index (χ1v) is 7.63. The molecule has 1 aliphatic carbocycles. The van der Waals surface area contributed by atoms with Crippen LogP contribution in [0.25, 0.3) is 0 Å². The standard InChI is InChI=1S/C11H15N5S2/c1-16(11-15-14-10(12)18-11)6-9-13-7-4-2-3-5-8(7)17-9/h2-6H2,1H3,(H2,12,14). The maximum atomic E-state index is 5.59. The van der Waals surface area contributed by atoms with E-state index in [0.29, 0.717) is 5.13 Å². The Kier molecular flexibility index (Phi) is 3.17. The van der Waals surface area contributed by atoms with Crippen molar-refractivity contribution in [3.63, 3.8) is 0 Å². The fraction of sp³-hybridized carbons (Fsp3) is 0.545. The van der Waals surface area contributed by atoms with E-state index in [1.54, 1.807) is 0 Å². The quantitative estimate of drug-likeness (QED) is 0.933. The lowest BCUT2D eigenvalue weighted by molar-refractivity contribution is 0.680. The second kappa shape index (κ2) is 4.81. The SMILES string of the molecule is CN(Cc1nc2c(s1)CCCC2)c1nnc(N)s1. The van der Waals surface area contributed by atoms with Gasteiger partial charge in [-0.1, -0.05) is 11.3 Å². The summed E-state index contributed by atoms with van der Waals surface area (Å²) in [6.07, 6.45) is 4.92. The Balaban J connectivity index is 1.74. The van der Waals surface area contributed by atoms with Gasteiger partial charge in [0, 0.05) is 11.9 Å². The molecule has 2 aromatic rings. The third kappa shape index (κ3) is 2.32. The predicted molar refractivity (Wildman–Crippen MR) is 75.2 cm³/mol. The van der Waals surface area contributed by atoms with Gasteiger partial charge in [0.1, 0.15) is 5.01 Å². The van der Waals surface area contributed by atoms with Crippen LogP contribution in [0.2, 0.25) is 0 Å². The molecule has 7 heteroatoms. The largest absolute Gasteiger partial charge is 0.374 e. The van der Waals surface area contributed by atoms with Crippen LogP contribution in [0.1, 0.15) is 28.4 Å². The van der Waals surface area contributed by atoms with E-state index in [1.807, 2.05) is 18.4 Å². The van der Waals surface area contributed by atoms with Crippen molar-refractivity contribution in [1.82, 2.24) is 15.2 Å². The van der Waals surface area contributed by atoms with Gasteiger partial charge in [-0.3, -0.25) is 0 Å². The number of nitrogens with zero attached hydrogens (tertiary/aromatic N) is 4. The van der Waals surface area contributed by atoms with Crippen LogP contribution in [-0.4, -0.2) is 22.2 Å². The van der Waals surface area contributed by atoms with E-state index in [2.05, 4.69) is 15.1 Å². The van der Waals surface area contributed by atoms with Gasteiger partial charge in [-0.05, 0) is 25.7 Å². The summed E-state index contributed by atoms with van der Waals surface area (Å²) in [7, 11) is 2.00. The lowest BCUT2D eigenvalue weighted by atomic mass is 10.0. The molecule has 18 heavy (non-hydrogen) atoms. The Morgan fingerprint density at radius 3 is 2.78 bits per heavy atom. The number of fused-ring (bicyclic) bond motifs is 1. The highest BCUT2D eigenvalue weighted by Crippen LogP contribution is 2.28. The Hall–Kier alpha value is -1.21. The number of thiazole rings is 1. The molecule has 2 aromatic heterocycles. The molecule has 0 spiro atoms. The summed E-state index contributed by atoms with van der Waals surface area (Å²) in [4.78, 5) is 8.25. The third-order valence-electron chi connectivity index (χ3n) is 3.02. The number of aromatic nitrogens is 3. The minimum absolute atomic E-state index is 0.510. The Labute approximate surface area is 114 Å². The van der Waals surface area contributed by atoms with Crippen LogP contribution in [0.4, 0.5) is 10.3 Å². The summed E-state index contributed by atoms with van der Waals surface area (Å²) in [6, 6.07) is 0. The van der Waals surface area contributed by atoms with Crippen LogP contribution >= 0.6 is 22.7 Å². The van der Waals surface area contributed by atoms with Gasteiger partial charge in [-0.2, -0.15) is 0 Å². The highest BCUT2D eigenvalue weighted by atomic mass is 32.1. The van der Waals surface area contributed by atoms with Gasteiger partial charge < -0.3 is 10.6 Å². The molecular weight excluding hydrogens is 266 g/mol. The van der Waals surface area contributed by atoms with Crippen molar-refractivity contribution < 1.29 is 0 Å². The molecular formula is C11H15N5S2. The fourth-order valence-corrected chi connectivity index (χ4v) is 3.91. The normalized spacial score (nSPS) is 14.5. The topological polar surface area (TPSA) is 67.9 Å². The van der Waals surface area contributed by atoms with Gasteiger partial charge in [0.15, 0.2) is 0 Å². The molecule has 0 atom stereocenters. The first-order chi connectivity index (χ1) is 8.72. The molecule has 0 aliphatic heterocycles. The monoisotopic (exact) mass is 281 g/mol. The van der Waals surface area contributed by atoms with Gasteiger partial charge in [-0.15, -0.1) is 21.5 Å². The molecule has 0 saturated heterocycles. The minimum Gasteiger partial charge on any atom is -0.374 e. The van der Waals surface area contributed by atoms with E-state index in [9.17, 15) is 0 Å². The summed E-state index contributed by atoms with van der Waals surface area (Å²) in [5.41, 5.74) is 6.91. The molecule has 2 N–H and O–H groups in total. The van der Waals surface area contributed by atoms with Crippen LogP contribution in [0.3, 0.4) is 0 Å². The number of hydrogen-bond donors (Lipinski definition) is 1. The maximum absolute atomic E-state index is 5.59. The summed E-state index contributed by atoms with van der Waals surface area (Å²) in [6.45, 7) is 0.784. The number of nitrogens with two attached hydrogens (primary N) is 1. The zero-order chi connectivity index (χ0) is 12.5. The van der Waals surface area contributed by atoms with Gasteiger partial charge >= 0.3 is 0 Å². The third-order valence-corrected chi connectivity index (χ3v) is 5.03. The predicted octanol–water partition coefficient (Wildman–Crippen LogP) is 2.09. The van der Waals surface area contributed by atoms with E-state index >= 15 is 0 Å².